The van der Waals surface area contributed by atoms with Gasteiger partial charge in [-0.1, -0.05) is 12.1 Å². The summed E-state index contributed by atoms with van der Waals surface area (Å²) in [6.07, 6.45) is 0.126. The average Bonchev–Trinajstić information content (AvgIpc) is 2.75. The second kappa shape index (κ2) is 7.63. The molecule has 0 spiro atoms. The Labute approximate surface area is 160 Å². The van der Waals surface area contributed by atoms with Gasteiger partial charge >= 0.3 is 0 Å². The fourth-order valence-electron chi connectivity index (χ4n) is 3.30. The van der Waals surface area contributed by atoms with Crippen molar-refractivity contribution in [2.75, 3.05) is 28.7 Å². The molecule has 2 aromatic rings. The van der Waals surface area contributed by atoms with Crippen LogP contribution in [0.15, 0.2) is 42.5 Å². The SMILES string of the molecule is CC1CC(=O)Nc2ccccc2N1C(=O)CN(C)c1ccc(F)cc1[N+](=O)[O-]. The standard InChI is InChI=1S/C19H19FN4O4/c1-12-9-18(25)21-14-5-3-4-6-15(14)23(12)19(26)11-22(2)16-8-7-13(20)10-17(16)24(27)28/h3-8,10,12H,9,11H2,1-2H3,(H,21,25). The Morgan fingerprint density at radius 1 is 1.36 bits per heavy atom. The summed E-state index contributed by atoms with van der Waals surface area (Å²) < 4.78 is 13.4. The van der Waals surface area contributed by atoms with Crippen LogP contribution in [-0.4, -0.2) is 36.4 Å². The lowest BCUT2D eigenvalue weighted by molar-refractivity contribution is -0.384. The molecular weight excluding hydrogens is 367 g/mol. The van der Waals surface area contributed by atoms with E-state index in [1.807, 2.05) is 0 Å². The Bertz CT molecular complexity index is 949. The van der Waals surface area contributed by atoms with Crippen molar-refractivity contribution in [2.24, 2.45) is 0 Å². The number of nitro groups is 1. The lowest BCUT2D eigenvalue weighted by Gasteiger charge is -2.30. The summed E-state index contributed by atoms with van der Waals surface area (Å²) in [6, 6.07) is 9.76. The van der Waals surface area contributed by atoms with Crippen LogP contribution < -0.4 is 15.1 Å². The molecule has 0 fully saturated rings. The van der Waals surface area contributed by atoms with Crippen LogP contribution in [0.3, 0.4) is 0 Å². The molecule has 1 atom stereocenters. The van der Waals surface area contributed by atoms with Gasteiger partial charge in [0.2, 0.25) is 11.8 Å². The molecule has 0 bridgehead atoms. The van der Waals surface area contributed by atoms with E-state index in [9.17, 15) is 24.1 Å². The Hall–Kier alpha value is -3.49. The van der Waals surface area contributed by atoms with Crippen molar-refractivity contribution in [2.45, 2.75) is 19.4 Å². The molecule has 0 aliphatic carbocycles. The fourth-order valence-corrected chi connectivity index (χ4v) is 3.30. The van der Waals surface area contributed by atoms with Crippen LogP contribution in [0, 0.1) is 15.9 Å². The summed E-state index contributed by atoms with van der Waals surface area (Å²) in [6.45, 7) is 1.58. The van der Waals surface area contributed by atoms with Gasteiger partial charge in [-0.15, -0.1) is 0 Å². The third kappa shape index (κ3) is 3.78. The van der Waals surface area contributed by atoms with E-state index < -0.39 is 22.5 Å². The summed E-state index contributed by atoms with van der Waals surface area (Å²) in [5.74, 6) is -1.26. The number of carbonyl (C=O) groups is 2. The smallest absolute Gasteiger partial charge is 0.295 e. The molecule has 8 nitrogen and oxygen atoms in total. The van der Waals surface area contributed by atoms with Crippen molar-refractivity contribution in [3.63, 3.8) is 0 Å². The van der Waals surface area contributed by atoms with E-state index in [0.717, 1.165) is 12.1 Å². The van der Waals surface area contributed by atoms with Gasteiger partial charge in [-0.05, 0) is 31.2 Å². The van der Waals surface area contributed by atoms with Gasteiger partial charge in [0.05, 0.1) is 28.9 Å². The van der Waals surface area contributed by atoms with Crippen LogP contribution in [0.2, 0.25) is 0 Å². The van der Waals surface area contributed by atoms with Gasteiger partial charge in [0.15, 0.2) is 0 Å². The second-order valence-corrected chi connectivity index (χ2v) is 6.63. The molecule has 0 saturated heterocycles. The normalized spacial score (nSPS) is 16.0. The van der Waals surface area contributed by atoms with Crippen LogP contribution in [0.1, 0.15) is 13.3 Å². The minimum Gasteiger partial charge on any atom is -0.360 e. The minimum atomic E-state index is -0.727. The largest absolute Gasteiger partial charge is 0.360 e. The van der Waals surface area contributed by atoms with Gasteiger partial charge < -0.3 is 15.1 Å². The van der Waals surface area contributed by atoms with E-state index in [-0.39, 0.29) is 30.5 Å². The van der Waals surface area contributed by atoms with Crippen molar-refractivity contribution in [1.82, 2.24) is 0 Å². The van der Waals surface area contributed by atoms with E-state index in [2.05, 4.69) is 5.32 Å². The highest BCUT2D eigenvalue weighted by Gasteiger charge is 2.30. The van der Waals surface area contributed by atoms with Crippen LogP contribution >= 0.6 is 0 Å². The van der Waals surface area contributed by atoms with Gasteiger partial charge in [0.1, 0.15) is 11.5 Å². The van der Waals surface area contributed by atoms with E-state index in [4.69, 9.17) is 0 Å². The third-order valence-electron chi connectivity index (χ3n) is 4.55. The number of hydrogen-bond acceptors (Lipinski definition) is 5. The highest BCUT2D eigenvalue weighted by atomic mass is 19.1. The molecule has 1 aliphatic rings. The zero-order valence-corrected chi connectivity index (χ0v) is 15.4. The summed E-state index contributed by atoms with van der Waals surface area (Å²) in [4.78, 5) is 38.6. The zero-order chi connectivity index (χ0) is 20.4. The molecular formula is C19H19FN4O4. The zero-order valence-electron chi connectivity index (χ0n) is 15.4. The third-order valence-corrected chi connectivity index (χ3v) is 4.55. The maximum atomic E-state index is 13.4. The number of nitrogens with zero attached hydrogens (tertiary/aromatic N) is 3. The molecule has 2 aromatic carbocycles. The molecule has 3 rings (SSSR count). The lowest BCUT2D eigenvalue weighted by atomic mass is 10.1. The highest BCUT2D eigenvalue weighted by Crippen LogP contribution is 2.32. The highest BCUT2D eigenvalue weighted by molar-refractivity contribution is 6.05. The number of halogens is 1. The van der Waals surface area contributed by atoms with Gasteiger partial charge in [-0.3, -0.25) is 19.7 Å². The molecule has 0 radical (unpaired) electrons. The molecule has 146 valence electrons. The number of amides is 2. The Morgan fingerprint density at radius 2 is 2.07 bits per heavy atom. The molecule has 1 heterocycles. The number of rotatable bonds is 4. The first-order valence-electron chi connectivity index (χ1n) is 8.64. The fraction of sp³-hybridized carbons (Fsp3) is 0.263. The number of carbonyl (C=O) groups excluding carboxylic acids is 2. The molecule has 1 unspecified atom stereocenters. The molecule has 1 aliphatic heterocycles. The van der Waals surface area contributed by atoms with Crippen molar-refractivity contribution in [3.05, 3.63) is 58.4 Å². The van der Waals surface area contributed by atoms with Gasteiger partial charge in [0.25, 0.3) is 5.69 Å². The van der Waals surface area contributed by atoms with Crippen LogP contribution in [0.25, 0.3) is 0 Å². The average molecular weight is 386 g/mol. The number of para-hydroxylation sites is 2. The number of hydrogen-bond donors (Lipinski definition) is 1. The number of nitrogens with one attached hydrogen (secondary N) is 1. The molecule has 9 heteroatoms. The van der Waals surface area contributed by atoms with E-state index in [1.54, 1.807) is 31.2 Å². The number of fused-ring (bicyclic) bond motifs is 1. The van der Waals surface area contributed by atoms with Crippen LogP contribution in [-0.2, 0) is 9.59 Å². The number of benzene rings is 2. The first kappa shape index (κ1) is 19.3. The van der Waals surface area contributed by atoms with Gasteiger partial charge in [-0.2, -0.15) is 0 Å². The second-order valence-electron chi connectivity index (χ2n) is 6.63. The molecule has 28 heavy (non-hydrogen) atoms. The number of anilines is 3. The minimum absolute atomic E-state index is 0.126. The quantitative estimate of drug-likeness (QED) is 0.644. The molecule has 0 saturated carbocycles. The topological polar surface area (TPSA) is 95.8 Å². The Kier molecular flexibility index (Phi) is 5.25. The first-order chi connectivity index (χ1) is 13.3. The Balaban J connectivity index is 1.90. The summed E-state index contributed by atoms with van der Waals surface area (Å²) >= 11 is 0. The monoisotopic (exact) mass is 386 g/mol. The molecule has 0 aromatic heterocycles. The van der Waals surface area contributed by atoms with E-state index >= 15 is 0 Å². The van der Waals surface area contributed by atoms with Gasteiger partial charge in [0, 0.05) is 19.5 Å². The Morgan fingerprint density at radius 3 is 2.79 bits per heavy atom. The summed E-state index contributed by atoms with van der Waals surface area (Å²) in [7, 11) is 1.52. The summed E-state index contributed by atoms with van der Waals surface area (Å²) in [5.41, 5.74) is 0.801. The maximum absolute atomic E-state index is 13.4. The van der Waals surface area contributed by atoms with Crippen molar-refractivity contribution in [3.8, 4) is 0 Å². The predicted octanol–water partition coefficient (Wildman–Crippen LogP) is 2.93. The van der Waals surface area contributed by atoms with Gasteiger partial charge in [-0.25, -0.2) is 4.39 Å². The van der Waals surface area contributed by atoms with E-state index in [0.29, 0.717) is 11.4 Å². The van der Waals surface area contributed by atoms with Crippen molar-refractivity contribution >= 4 is 34.6 Å². The number of nitro benzene ring substituents is 1. The van der Waals surface area contributed by atoms with Crippen molar-refractivity contribution in [1.29, 1.82) is 0 Å². The first-order valence-corrected chi connectivity index (χ1v) is 8.64. The van der Waals surface area contributed by atoms with E-state index in [1.165, 1.54) is 22.9 Å². The van der Waals surface area contributed by atoms with Crippen LogP contribution in [0.5, 0.6) is 0 Å². The van der Waals surface area contributed by atoms with Crippen LogP contribution in [0.4, 0.5) is 27.1 Å². The summed E-state index contributed by atoms with van der Waals surface area (Å²) in [5, 5.41) is 14.0. The lowest BCUT2D eigenvalue weighted by Crippen LogP contribution is -2.44. The molecule has 1 N–H and O–H groups in total. The number of likely N-dealkylation sites (N-methyl/N-ethyl adjacent to an activating group) is 1. The molecule has 2 amide bonds. The van der Waals surface area contributed by atoms with Crippen molar-refractivity contribution < 1.29 is 18.9 Å². The maximum Gasteiger partial charge on any atom is 0.295 e. The predicted molar refractivity (Wildman–Crippen MR) is 103 cm³/mol.